The normalized spacial score (nSPS) is 50.5. The molecule has 13 heavy (non-hydrogen) atoms. The molecule has 3 nitrogen and oxygen atoms in total. The first-order valence-electron chi connectivity index (χ1n) is 5.20. The van der Waals surface area contributed by atoms with E-state index in [-0.39, 0.29) is 12.1 Å². The van der Waals surface area contributed by atoms with Gasteiger partial charge in [-0.1, -0.05) is 13.8 Å². The molecule has 2 rings (SSSR count). The largest absolute Gasteiger partial charge is 0.389 e. The topological polar surface area (TPSA) is 41.5 Å². The predicted molar refractivity (Wildman–Crippen MR) is 50.5 cm³/mol. The van der Waals surface area contributed by atoms with Crippen LogP contribution in [0.1, 0.15) is 20.3 Å². The smallest absolute Gasteiger partial charge is 0.0948 e. The van der Waals surface area contributed by atoms with Gasteiger partial charge in [0.1, 0.15) is 0 Å². The average Bonchev–Trinajstić information content (AvgIpc) is 2.51. The molecule has 76 valence electrons. The van der Waals surface area contributed by atoms with Crippen molar-refractivity contribution in [1.29, 1.82) is 0 Å². The Labute approximate surface area is 79.5 Å². The second kappa shape index (κ2) is 3.56. The van der Waals surface area contributed by atoms with Gasteiger partial charge in [0.05, 0.1) is 25.4 Å². The van der Waals surface area contributed by atoms with E-state index in [1.54, 1.807) is 0 Å². The molecule has 1 aliphatic heterocycles. The van der Waals surface area contributed by atoms with Gasteiger partial charge < -0.3 is 15.2 Å². The molecule has 1 saturated carbocycles. The molecule has 0 radical (unpaired) electrons. The van der Waals surface area contributed by atoms with E-state index in [2.05, 4.69) is 19.2 Å². The summed E-state index contributed by atoms with van der Waals surface area (Å²) >= 11 is 0. The number of nitrogens with one attached hydrogen (secondary N) is 1. The summed E-state index contributed by atoms with van der Waals surface area (Å²) in [7, 11) is 0. The Kier molecular flexibility index (Phi) is 2.58. The molecule has 2 fully saturated rings. The summed E-state index contributed by atoms with van der Waals surface area (Å²) in [5.74, 6) is 1.57. The van der Waals surface area contributed by atoms with Crippen LogP contribution in [-0.4, -0.2) is 36.5 Å². The molecule has 1 heterocycles. The molecule has 1 saturated heterocycles. The van der Waals surface area contributed by atoms with Crippen LogP contribution in [0.3, 0.4) is 0 Å². The lowest BCUT2D eigenvalue weighted by atomic mass is 9.71. The molecule has 3 heteroatoms. The van der Waals surface area contributed by atoms with Crippen molar-refractivity contribution in [1.82, 2.24) is 5.32 Å². The standard InChI is InChI=1S/C10H19NO2/c1-6-3-8(7(6)2)11-9-4-13-5-10(9)12/h6-12H,3-5H2,1-2H3/t6?,7?,8?,9-,10-/m1/s1. The minimum atomic E-state index is -0.303. The molecule has 2 aliphatic rings. The molecule has 0 aromatic rings. The van der Waals surface area contributed by atoms with Crippen LogP contribution >= 0.6 is 0 Å². The van der Waals surface area contributed by atoms with Gasteiger partial charge in [0.25, 0.3) is 0 Å². The third kappa shape index (κ3) is 1.73. The van der Waals surface area contributed by atoms with E-state index in [1.807, 2.05) is 0 Å². The third-order valence-corrected chi connectivity index (χ3v) is 3.64. The highest BCUT2D eigenvalue weighted by molar-refractivity contribution is 4.93. The fourth-order valence-corrected chi connectivity index (χ4v) is 2.23. The second-order valence-corrected chi connectivity index (χ2v) is 4.56. The van der Waals surface area contributed by atoms with Crippen LogP contribution in [-0.2, 0) is 4.74 Å². The lowest BCUT2D eigenvalue weighted by molar-refractivity contribution is 0.0916. The molecule has 0 bridgehead atoms. The number of hydrogen-bond donors (Lipinski definition) is 2. The van der Waals surface area contributed by atoms with Gasteiger partial charge in [-0.05, 0) is 18.3 Å². The first-order chi connectivity index (χ1) is 6.18. The van der Waals surface area contributed by atoms with Crippen LogP contribution < -0.4 is 5.32 Å². The van der Waals surface area contributed by atoms with Crippen molar-refractivity contribution in [2.45, 2.75) is 38.5 Å². The van der Waals surface area contributed by atoms with Crippen LogP contribution in [0.4, 0.5) is 0 Å². The molecule has 2 N–H and O–H groups in total. The van der Waals surface area contributed by atoms with Gasteiger partial charge in [0.15, 0.2) is 0 Å². The summed E-state index contributed by atoms with van der Waals surface area (Å²) < 4.78 is 5.19. The quantitative estimate of drug-likeness (QED) is 0.653. The number of rotatable bonds is 2. The van der Waals surface area contributed by atoms with Gasteiger partial charge in [0, 0.05) is 6.04 Å². The summed E-state index contributed by atoms with van der Waals surface area (Å²) in [6.07, 6.45) is 0.938. The maximum Gasteiger partial charge on any atom is 0.0948 e. The number of ether oxygens (including phenoxy) is 1. The Hall–Kier alpha value is -0.120. The number of aliphatic hydroxyl groups is 1. The highest BCUT2D eigenvalue weighted by atomic mass is 16.5. The van der Waals surface area contributed by atoms with E-state index < -0.39 is 0 Å². The predicted octanol–water partition coefficient (Wildman–Crippen LogP) is 0.380. The molecule has 1 aliphatic carbocycles. The van der Waals surface area contributed by atoms with Crippen molar-refractivity contribution >= 4 is 0 Å². The summed E-state index contributed by atoms with van der Waals surface area (Å²) in [5, 5.41) is 13.0. The SMILES string of the molecule is CC1CC(N[C@@H]2COC[C@H]2O)C1C. The van der Waals surface area contributed by atoms with Gasteiger partial charge in [-0.3, -0.25) is 0 Å². The minimum Gasteiger partial charge on any atom is -0.389 e. The lowest BCUT2D eigenvalue weighted by Crippen LogP contribution is -2.54. The molecular weight excluding hydrogens is 166 g/mol. The Bertz CT molecular complexity index is 186. The van der Waals surface area contributed by atoms with Crippen molar-refractivity contribution in [2.24, 2.45) is 11.8 Å². The Balaban J connectivity index is 1.78. The second-order valence-electron chi connectivity index (χ2n) is 4.56. The van der Waals surface area contributed by atoms with E-state index in [0.717, 1.165) is 11.8 Å². The van der Waals surface area contributed by atoms with Crippen molar-refractivity contribution in [2.75, 3.05) is 13.2 Å². The average molecular weight is 185 g/mol. The van der Waals surface area contributed by atoms with Crippen molar-refractivity contribution in [3.63, 3.8) is 0 Å². The van der Waals surface area contributed by atoms with Crippen LogP contribution in [0, 0.1) is 11.8 Å². The zero-order valence-corrected chi connectivity index (χ0v) is 8.36. The van der Waals surface area contributed by atoms with Crippen LogP contribution in [0.5, 0.6) is 0 Å². The first-order valence-corrected chi connectivity index (χ1v) is 5.20. The van der Waals surface area contributed by atoms with Gasteiger partial charge in [-0.15, -0.1) is 0 Å². The van der Waals surface area contributed by atoms with Gasteiger partial charge in [0.2, 0.25) is 0 Å². The van der Waals surface area contributed by atoms with Gasteiger partial charge in [-0.25, -0.2) is 0 Å². The van der Waals surface area contributed by atoms with Crippen molar-refractivity contribution in [3.8, 4) is 0 Å². The van der Waals surface area contributed by atoms with Crippen LogP contribution in [0.25, 0.3) is 0 Å². The third-order valence-electron chi connectivity index (χ3n) is 3.64. The Morgan fingerprint density at radius 3 is 2.46 bits per heavy atom. The maximum atomic E-state index is 9.52. The van der Waals surface area contributed by atoms with Gasteiger partial charge in [-0.2, -0.15) is 0 Å². The summed E-state index contributed by atoms with van der Waals surface area (Å²) in [4.78, 5) is 0. The van der Waals surface area contributed by atoms with E-state index in [0.29, 0.717) is 19.3 Å². The molecular formula is C10H19NO2. The van der Waals surface area contributed by atoms with E-state index in [4.69, 9.17) is 4.74 Å². The molecule has 0 aromatic heterocycles. The van der Waals surface area contributed by atoms with E-state index in [9.17, 15) is 5.11 Å². The Morgan fingerprint density at radius 2 is 2.00 bits per heavy atom. The first kappa shape index (κ1) is 9.44. The van der Waals surface area contributed by atoms with Crippen LogP contribution in [0.2, 0.25) is 0 Å². The Morgan fingerprint density at radius 1 is 1.23 bits per heavy atom. The lowest BCUT2D eigenvalue weighted by Gasteiger charge is -2.43. The number of hydrogen-bond acceptors (Lipinski definition) is 3. The highest BCUT2D eigenvalue weighted by Gasteiger charge is 2.37. The minimum absolute atomic E-state index is 0.167. The zero-order valence-electron chi connectivity index (χ0n) is 8.36. The molecule has 5 atom stereocenters. The molecule has 0 spiro atoms. The summed E-state index contributed by atoms with van der Waals surface area (Å²) in [6.45, 7) is 5.71. The monoisotopic (exact) mass is 185 g/mol. The highest BCUT2D eigenvalue weighted by Crippen LogP contribution is 2.34. The molecule has 0 aromatic carbocycles. The van der Waals surface area contributed by atoms with Gasteiger partial charge >= 0.3 is 0 Å². The van der Waals surface area contributed by atoms with Crippen molar-refractivity contribution in [3.05, 3.63) is 0 Å². The van der Waals surface area contributed by atoms with Crippen molar-refractivity contribution < 1.29 is 9.84 Å². The van der Waals surface area contributed by atoms with E-state index in [1.165, 1.54) is 6.42 Å². The van der Waals surface area contributed by atoms with Crippen LogP contribution in [0.15, 0.2) is 0 Å². The molecule has 3 unspecified atom stereocenters. The zero-order chi connectivity index (χ0) is 9.42. The number of aliphatic hydroxyl groups excluding tert-OH is 1. The fraction of sp³-hybridized carbons (Fsp3) is 1.00. The summed E-state index contributed by atoms with van der Waals surface area (Å²) in [6, 6.07) is 0.760. The fourth-order valence-electron chi connectivity index (χ4n) is 2.23. The maximum absolute atomic E-state index is 9.52. The summed E-state index contributed by atoms with van der Waals surface area (Å²) in [5.41, 5.74) is 0. The molecule has 0 amide bonds. The van der Waals surface area contributed by atoms with E-state index >= 15 is 0 Å².